The maximum Gasteiger partial charge on any atom is 0.339 e. The molecule has 1 aromatic heterocycles. The average Bonchev–Trinajstić information content (AvgIpc) is 2.84. The Kier molecular flexibility index (Phi) is 4.15. The number of fused-ring (bicyclic) bond motifs is 1. The van der Waals surface area contributed by atoms with Gasteiger partial charge in [-0.15, -0.1) is 0 Å². The molecule has 1 saturated heterocycles. The number of pyridine rings is 1. The summed E-state index contributed by atoms with van der Waals surface area (Å²) >= 11 is 0. The maximum atomic E-state index is 13.5. The lowest BCUT2D eigenvalue weighted by Gasteiger charge is -2.21. The van der Waals surface area contributed by atoms with Gasteiger partial charge in [0.2, 0.25) is 0 Å². The van der Waals surface area contributed by atoms with E-state index in [4.69, 9.17) is 4.74 Å². The van der Waals surface area contributed by atoms with Crippen LogP contribution in [-0.4, -0.2) is 42.0 Å². The van der Waals surface area contributed by atoms with Gasteiger partial charge in [0, 0.05) is 17.3 Å². The monoisotopic (exact) mass is 334 g/mol. The zero-order valence-corrected chi connectivity index (χ0v) is 13.9. The number of nitrogens with zero attached hydrogens (tertiary/aromatic N) is 2. The molecule has 2 atom stereocenters. The second kappa shape index (κ2) is 6.00. The molecule has 1 fully saturated rings. The van der Waals surface area contributed by atoms with Gasteiger partial charge in [-0.1, -0.05) is 0 Å². The molecule has 0 N–H and O–H groups in total. The SMILES string of the molecule is CC(C)(C)OC(=O)c1ccnc2ccc(N3C[C@H](F)[C@@H](F)C3)cc12. The number of alkyl halides is 2. The van der Waals surface area contributed by atoms with E-state index in [0.29, 0.717) is 22.2 Å². The Morgan fingerprint density at radius 2 is 1.88 bits per heavy atom. The summed E-state index contributed by atoms with van der Waals surface area (Å²) in [5.74, 6) is -0.444. The van der Waals surface area contributed by atoms with Crippen molar-refractivity contribution in [3.05, 3.63) is 36.0 Å². The molecule has 3 rings (SSSR count). The number of benzene rings is 1. The number of aromatic nitrogens is 1. The smallest absolute Gasteiger partial charge is 0.339 e. The van der Waals surface area contributed by atoms with Crippen LogP contribution < -0.4 is 4.90 Å². The van der Waals surface area contributed by atoms with E-state index in [0.717, 1.165) is 0 Å². The van der Waals surface area contributed by atoms with Gasteiger partial charge in [0.1, 0.15) is 5.60 Å². The first-order valence-electron chi connectivity index (χ1n) is 7.90. The van der Waals surface area contributed by atoms with Crippen LogP contribution in [0.3, 0.4) is 0 Å². The van der Waals surface area contributed by atoms with Crippen LogP contribution >= 0.6 is 0 Å². The van der Waals surface area contributed by atoms with Crippen molar-refractivity contribution in [3.8, 4) is 0 Å². The minimum atomic E-state index is -1.49. The summed E-state index contributed by atoms with van der Waals surface area (Å²) in [5, 5.41) is 0.613. The maximum absolute atomic E-state index is 13.5. The largest absolute Gasteiger partial charge is 0.456 e. The summed E-state index contributed by atoms with van der Waals surface area (Å²) in [5.41, 5.74) is 1.09. The third-order valence-corrected chi connectivity index (χ3v) is 3.89. The van der Waals surface area contributed by atoms with Crippen molar-refractivity contribution in [2.75, 3.05) is 18.0 Å². The highest BCUT2D eigenvalue weighted by atomic mass is 19.2. The molecule has 0 aliphatic carbocycles. The molecule has 24 heavy (non-hydrogen) atoms. The van der Waals surface area contributed by atoms with Gasteiger partial charge in [-0.05, 0) is 45.0 Å². The lowest BCUT2D eigenvalue weighted by molar-refractivity contribution is 0.00718. The van der Waals surface area contributed by atoms with Crippen molar-refractivity contribution in [2.45, 2.75) is 38.7 Å². The molecule has 0 amide bonds. The van der Waals surface area contributed by atoms with Gasteiger partial charge in [0.15, 0.2) is 12.3 Å². The predicted molar refractivity (Wildman–Crippen MR) is 88.9 cm³/mol. The Labute approximate surface area is 139 Å². The summed E-state index contributed by atoms with van der Waals surface area (Å²) < 4.78 is 32.3. The number of hydrogen-bond acceptors (Lipinski definition) is 4. The van der Waals surface area contributed by atoms with Gasteiger partial charge in [0.25, 0.3) is 0 Å². The van der Waals surface area contributed by atoms with E-state index >= 15 is 0 Å². The average molecular weight is 334 g/mol. The number of hydrogen-bond donors (Lipinski definition) is 0. The van der Waals surface area contributed by atoms with Crippen molar-refractivity contribution in [2.24, 2.45) is 0 Å². The summed E-state index contributed by atoms with van der Waals surface area (Å²) in [6.07, 6.45) is -1.42. The molecule has 6 heteroatoms. The molecular weight excluding hydrogens is 314 g/mol. The van der Waals surface area contributed by atoms with Gasteiger partial charge in [0.05, 0.1) is 24.2 Å². The first kappa shape index (κ1) is 16.6. The third-order valence-electron chi connectivity index (χ3n) is 3.89. The van der Waals surface area contributed by atoms with Crippen LogP contribution in [0.15, 0.2) is 30.5 Å². The van der Waals surface area contributed by atoms with E-state index in [1.165, 1.54) is 0 Å². The molecule has 0 radical (unpaired) electrons. The Balaban J connectivity index is 1.99. The fraction of sp³-hybridized carbons (Fsp3) is 0.444. The normalized spacial score (nSPS) is 21.3. The van der Waals surface area contributed by atoms with Crippen LogP contribution in [0.2, 0.25) is 0 Å². The van der Waals surface area contributed by atoms with Crippen molar-refractivity contribution >= 4 is 22.6 Å². The Morgan fingerprint density at radius 3 is 2.50 bits per heavy atom. The molecule has 1 aliphatic heterocycles. The topological polar surface area (TPSA) is 42.4 Å². The summed E-state index contributed by atoms with van der Waals surface area (Å²) in [6.45, 7) is 5.41. The van der Waals surface area contributed by atoms with Gasteiger partial charge in [-0.25, -0.2) is 13.6 Å². The Hall–Kier alpha value is -2.24. The van der Waals surface area contributed by atoms with Gasteiger partial charge >= 0.3 is 5.97 Å². The van der Waals surface area contributed by atoms with Crippen molar-refractivity contribution in [1.82, 2.24) is 4.98 Å². The van der Waals surface area contributed by atoms with E-state index in [-0.39, 0.29) is 13.1 Å². The minimum absolute atomic E-state index is 0.00864. The van der Waals surface area contributed by atoms with E-state index in [1.807, 2.05) is 0 Å². The zero-order chi connectivity index (χ0) is 17.5. The summed E-state index contributed by atoms with van der Waals surface area (Å²) in [7, 11) is 0. The number of anilines is 1. The first-order valence-corrected chi connectivity index (χ1v) is 7.90. The van der Waals surface area contributed by atoms with Crippen molar-refractivity contribution in [3.63, 3.8) is 0 Å². The second-order valence-electron chi connectivity index (χ2n) is 7.00. The molecular formula is C18H20F2N2O2. The molecule has 0 unspecified atom stereocenters. The number of esters is 1. The van der Waals surface area contributed by atoms with E-state index < -0.39 is 23.9 Å². The number of halogens is 2. The number of carbonyl (C=O) groups is 1. The van der Waals surface area contributed by atoms with E-state index in [2.05, 4.69) is 4.98 Å². The standard InChI is InChI=1S/C18H20F2N2O2/c1-18(2,3)24-17(23)12-6-7-21-16-5-4-11(8-13(12)16)22-9-14(19)15(20)10-22/h4-8,14-15H,9-10H2,1-3H3/t14-,15-/m0/s1. The Bertz CT molecular complexity index is 763. The summed E-state index contributed by atoms with van der Waals surface area (Å²) in [4.78, 5) is 18.3. The van der Waals surface area contributed by atoms with Crippen LogP contribution in [-0.2, 0) is 4.74 Å². The molecule has 1 aliphatic rings. The van der Waals surface area contributed by atoms with Crippen LogP contribution in [0, 0.1) is 0 Å². The molecule has 2 aromatic rings. The van der Waals surface area contributed by atoms with E-state index in [9.17, 15) is 13.6 Å². The molecule has 128 valence electrons. The van der Waals surface area contributed by atoms with Crippen molar-refractivity contribution < 1.29 is 18.3 Å². The minimum Gasteiger partial charge on any atom is -0.456 e. The lowest BCUT2D eigenvalue weighted by atomic mass is 10.1. The van der Waals surface area contributed by atoms with Crippen LogP contribution in [0.5, 0.6) is 0 Å². The highest BCUT2D eigenvalue weighted by molar-refractivity contribution is 6.04. The van der Waals surface area contributed by atoms with Crippen LogP contribution in [0.1, 0.15) is 31.1 Å². The molecule has 2 heterocycles. The quantitative estimate of drug-likeness (QED) is 0.786. The fourth-order valence-corrected chi connectivity index (χ4v) is 2.78. The van der Waals surface area contributed by atoms with Gasteiger partial charge in [-0.3, -0.25) is 4.98 Å². The first-order chi connectivity index (χ1) is 11.2. The molecule has 0 saturated carbocycles. The number of ether oxygens (including phenoxy) is 1. The number of carbonyl (C=O) groups excluding carboxylic acids is 1. The molecule has 1 aromatic carbocycles. The number of rotatable bonds is 2. The van der Waals surface area contributed by atoms with Crippen LogP contribution in [0.4, 0.5) is 14.5 Å². The molecule has 0 bridgehead atoms. The third kappa shape index (κ3) is 3.32. The predicted octanol–water partition coefficient (Wildman–Crippen LogP) is 3.69. The van der Waals surface area contributed by atoms with Gasteiger partial charge in [-0.2, -0.15) is 0 Å². The highest BCUT2D eigenvalue weighted by Crippen LogP contribution is 2.29. The lowest BCUT2D eigenvalue weighted by Crippen LogP contribution is -2.24. The highest BCUT2D eigenvalue weighted by Gasteiger charge is 2.33. The van der Waals surface area contributed by atoms with E-state index in [1.54, 1.807) is 56.1 Å². The van der Waals surface area contributed by atoms with Gasteiger partial charge < -0.3 is 9.64 Å². The zero-order valence-electron chi connectivity index (χ0n) is 13.9. The fourth-order valence-electron chi connectivity index (χ4n) is 2.78. The second-order valence-corrected chi connectivity index (χ2v) is 7.00. The van der Waals surface area contributed by atoms with Crippen molar-refractivity contribution in [1.29, 1.82) is 0 Å². The molecule has 4 nitrogen and oxygen atoms in total. The molecule has 0 spiro atoms. The summed E-state index contributed by atoms with van der Waals surface area (Å²) in [6, 6.07) is 6.85. The van der Waals surface area contributed by atoms with Crippen LogP contribution in [0.25, 0.3) is 10.9 Å². The Morgan fingerprint density at radius 1 is 1.21 bits per heavy atom.